The lowest BCUT2D eigenvalue weighted by molar-refractivity contribution is -0.151. The van der Waals surface area contributed by atoms with E-state index in [0.717, 1.165) is 12.0 Å². The van der Waals surface area contributed by atoms with Crippen LogP contribution in [0.4, 0.5) is 0 Å². The zero-order valence-corrected chi connectivity index (χ0v) is 15.8. The van der Waals surface area contributed by atoms with Gasteiger partial charge < -0.3 is 9.64 Å². The summed E-state index contributed by atoms with van der Waals surface area (Å²) in [6.45, 7) is 7.96. The third-order valence-electron chi connectivity index (χ3n) is 4.69. The zero-order valence-electron chi connectivity index (χ0n) is 15.8. The number of nitrogens with zero attached hydrogens (tertiary/aromatic N) is 1. The van der Waals surface area contributed by atoms with Gasteiger partial charge in [0.1, 0.15) is 0 Å². The molecule has 0 aromatic heterocycles. The van der Waals surface area contributed by atoms with Gasteiger partial charge in [-0.25, -0.2) is 0 Å². The lowest BCUT2D eigenvalue weighted by atomic mass is 9.96. The Morgan fingerprint density at radius 1 is 1.16 bits per heavy atom. The molecule has 0 aliphatic carbocycles. The molecule has 1 fully saturated rings. The molecule has 1 aromatic rings. The Morgan fingerprint density at radius 3 is 2.36 bits per heavy atom. The summed E-state index contributed by atoms with van der Waals surface area (Å²) in [5.41, 5.74) is 2.02. The minimum atomic E-state index is -0.110. The van der Waals surface area contributed by atoms with Crippen LogP contribution in [0.5, 0.6) is 0 Å². The standard InChI is InChI=1S/C21H31NO3/c1-4-5-6-17-7-9-18(10-8-17)20(23)22-13-11-19(12-14-22)21(24)25-15-16(2)3/h7-10,16,19H,4-6,11-15H2,1-3H3. The number of hydrogen-bond donors (Lipinski definition) is 0. The number of aryl methyl sites for hydroxylation is 1. The van der Waals surface area contributed by atoms with E-state index in [1.807, 2.05) is 30.9 Å². The Kier molecular flexibility index (Phi) is 7.48. The van der Waals surface area contributed by atoms with Crippen LogP contribution in [0.3, 0.4) is 0 Å². The number of benzene rings is 1. The molecule has 0 unspecified atom stereocenters. The van der Waals surface area contributed by atoms with Crippen LogP contribution in [-0.4, -0.2) is 36.5 Å². The van der Waals surface area contributed by atoms with Gasteiger partial charge >= 0.3 is 5.97 Å². The second-order valence-corrected chi connectivity index (χ2v) is 7.39. The molecule has 1 aliphatic rings. The molecule has 1 aliphatic heterocycles. The molecule has 1 amide bonds. The number of hydrogen-bond acceptors (Lipinski definition) is 3. The molecule has 1 saturated heterocycles. The maximum Gasteiger partial charge on any atom is 0.309 e. The highest BCUT2D eigenvalue weighted by Gasteiger charge is 2.28. The molecule has 4 nitrogen and oxygen atoms in total. The van der Waals surface area contributed by atoms with Crippen molar-refractivity contribution in [3.63, 3.8) is 0 Å². The van der Waals surface area contributed by atoms with Gasteiger partial charge in [0, 0.05) is 18.7 Å². The number of amides is 1. The Bertz CT molecular complexity index is 557. The van der Waals surface area contributed by atoms with Crippen LogP contribution in [0.15, 0.2) is 24.3 Å². The summed E-state index contributed by atoms with van der Waals surface area (Å²) in [6.07, 6.45) is 4.80. The Balaban J connectivity index is 1.83. The van der Waals surface area contributed by atoms with Crippen molar-refractivity contribution < 1.29 is 14.3 Å². The van der Waals surface area contributed by atoms with Gasteiger partial charge in [-0.1, -0.05) is 39.3 Å². The van der Waals surface area contributed by atoms with Gasteiger partial charge in [-0.3, -0.25) is 9.59 Å². The SMILES string of the molecule is CCCCc1ccc(C(=O)N2CCC(C(=O)OCC(C)C)CC2)cc1. The molecule has 2 rings (SSSR count). The number of carbonyl (C=O) groups excluding carboxylic acids is 2. The van der Waals surface area contributed by atoms with Crippen molar-refractivity contribution in [1.82, 2.24) is 4.90 Å². The van der Waals surface area contributed by atoms with Crippen molar-refractivity contribution in [3.05, 3.63) is 35.4 Å². The third-order valence-corrected chi connectivity index (χ3v) is 4.69. The van der Waals surface area contributed by atoms with E-state index >= 15 is 0 Å². The Labute approximate surface area is 151 Å². The van der Waals surface area contributed by atoms with E-state index in [2.05, 4.69) is 19.1 Å². The monoisotopic (exact) mass is 345 g/mol. The number of ether oxygens (including phenoxy) is 1. The highest BCUT2D eigenvalue weighted by molar-refractivity contribution is 5.94. The van der Waals surface area contributed by atoms with E-state index in [1.165, 1.54) is 18.4 Å². The van der Waals surface area contributed by atoms with Gasteiger partial charge in [0.15, 0.2) is 0 Å². The molecular formula is C21H31NO3. The molecule has 0 radical (unpaired) electrons. The number of unbranched alkanes of at least 4 members (excludes halogenated alkanes) is 1. The largest absolute Gasteiger partial charge is 0.465 e. The van der Waals surface area contributed by atoms with Crippen LogP contribution in [0.25, 0.3) is 0 Å². The van der Waals surface area contributed by atoms with Crippen molar-refractivity contribution in [2.75, 3.05) is 19.7 Å². The van der Waals surface area contributed by atoms with Gasteiger partial charge in [0.2, 0.25) is 0 Å². The first-order valence-corrected chi connectivity index (χ1v) is 9.56. The van der Waals surface area contributed by atoms with E-state index in [9.17, 15) is 9.59 Å². The number of rotatable bonds is 7. The molecule has 138 valence electrons. The van der Waals surface area contributed by atoms with Crippen LogP contribution in [0.2, 0.25) is 0 Å². The summed E-state index contributed by atoms with van der Waals surface area (Å²) in [4.78, 5) is 26.5. The molecule has 0 atom stereocenters. The third kappa shape index (κ3) is 5.87. The van der Waals surface area contributed by atoms with E-state index in [-0.39, 0.29) is 17.8 Å². The Morgan fingerprint density at radius 2 is 1.80 bits per heavy atom. The molecule has 0 saturated carbocycles. The molecule has 1 aromatic carbocycles. The summed E-state index contributed by atoms with van der Waals surface area (Å²) in [6, 6.07) is 7.96. The first-order valence-electron chi connectivity index (χ1n) is 9.56. The quantitative estimate of drug-likeness (QED) is 0.700. The summed E-state index contributed by atoms with van der Waals surface area (Å²) in [7, 11) is 0. The average molecular weight is 345 g/mol. The number of piperidine rings is 1. The summed E-state index contributed by atoms with van der Waals surface area (Å²) >= 11 is 0. The highest BCUT2D eigenvalue weighted by Crippen LogP contribution is 2.21. The molecule has 25 heavy (non-hydrogen) atoms. The van der Waals surface area contributed by atoms with Crippen LogP contribution in [0.1, 0.15) is 62.4 Å². The topological polar surface area (TPSA) is 46.6 Å². The summed E-state index contributed by atoms with van der Waals surface area (Å²) < 4.78 is 5.33. The predicted molar refractivity (Wildman–Crippen MR) is 99.5 cm³/mol. The zero-order chi connectivity index (χ0) is 18.2. The fourth-order valence-electron chi connectivity index (χ4n) is 3.06. The summed E-state index contributed by atoms with van der Waals surface area (Å²) in [5.74, 6) is 0.238. The smallest absolute Gasteiger partial charge is 0.309 e. The first-order chi connectivity index (χ1) is 12.0. The van der Waals surface area contributed by atoms with E-state index in [1.54, 1.807) is 0 Å². The van der Waals surface area contributed by atoms with Crippen LogP contribution < -0.4 is 0 Å². The van der Waals surface area contributed by atoms with Crippen molar-refractivity contribution in [1.29, 1.82) is 0 Å². The lowest BCUT2D eigenvalue weighted by Gasteiger charge is -2.31. The maximum atomic E-state index is 12.6. The minimum absolute atomic E-state index is 0.0658. The second-order valence-electron chi connectivity index (χ2n) is 7.39. The lowest BCUT2D eigenvalue weighted by Crippen LogP contribution is -2.40. The van der Waals surface area contributed by atoms with Crippen molar-refractivity contribution in [3.8, 4) is 0 Å². The van der Waals surface area contributed by atoms with E-state index in [4.69, 9.17) is 4.74 Å². The minimum Gasteiger partial charge on any atom is -0.465 e. The molecular weight excluding hydrogens is 314 g/mol. The fraction of sp³-hybridized carbons (Fsp3) is 0.619. The normalized spacial score (nSPS) is 15.4. The molecule has 0 bridgehead atoms. The maximum absolute atomic E-state index is 12.6. The van der Waals surface area contributed by atoms with Gasteiger partial charge in [0.05, 0.1) is 12.5 Å². The van der Waals surface area contributed by atoms with Crippen molar-refractivity contribution in [2.24, 2.45) is 11.8 Å². The Hall–Kier alpha value is -1.84. The van der Waals surface area contributed by atoms with E-state index in [0.29, 0.717) is 38.5 Å². The van der Waals surface area contributed by atoms with Crippen LogP contribution in [-0.2, 0) is 16.0 Å². The van der Waals surface area contributed by atoms with Crippen LogP contribution in [0, 0.1) is 11.8 Å². The number of likely N-dealkylation sites (tertiary alicyclic amines) is 1. The number of esters is 1. The van der Waals surface area contributed by atoms with Crippen LogP contribution >= 0.6 is 0 Å². The molecule has 0 N–H and O–H groups in total. The van der Waals surface area contributed by atoms with Crippen molar-refractivity contribution >= 4 is 11.9 Å². The molecule has 0 spiro atoms. The number of carbonyl (C=O) groups is 2. The fourth-order valence-corrected chi connectivity index (χ4v) is 3.06. The average Bonchev–Trinajstić information content (AvgIpc) is 2.64. The predicted octanol–water partition coefficient (Wildman–Crippen LogP) is 4.08. The molecule has 1 heterocycles. The van der Waals surface area contributed by atoms with Gasteiger partial charge in [0.25, 0.3) is 5.91 Å². The second kappa shape index (κ2) is 9.59. The van der Waals surface area contributed by atoms with Crippen molar-refractivity contribution in [2.45, 2.75) is 52.9 Å². The van der Waals surface area contributed by atoms with Gasteiger partial charge in [-0.15, -0.1) is 0 Å². The van der Waals surface area contributed by atoms with Gasteiger partial charge in [-0.05, 0) is 49.3 Å². The highest BCUT2D eigenvalue weighted by atomic mass is 16.5. The summed E-state index contributed by atoms with van der Waals surface area (Å²) in [5, 5.41) is 0. The van der Waals surface area contributed by atoms with E-state index < -0.39 is 0 Å². The molecule has 4 heteroatoms. The van der Waals surface area contributed by atoms with Gasteiger partial charge in [-0.2, -0.15) is 0 Å². The first kappa shape index (κ1) is 19.5.